The lowest BCUT2D eigenvalue weighted by atomic mass is 10.0. The molecule has 1 atom stereocenters. The van der Waals surface area contributed by atoms with E-state index in [1.807, 2.05) is 18.2 Å². The topological polar surface area (TPSA) is 111 Å². The van der Waals surface area contributed by atoms with E-state index >= 15 is 0 Å². The van der Waals surface area contributed by atoms with Crippen LogP contribution in [0.15, 0.2) is 61.1 Å². The van der Waals surface area contributed by atoms with Gasteiger partial charge in [-0.2, -0.15) is 0 Å². The molecule has 0 bridgehead atoms. The molecule has 12 heteroatoms. The first-order chi connectivity index (χ1) is 17.3. The second kappa shape index (κ2) is 8.36. The fourth-order valence-corrected chi connectivity index (χ4v) is 4.94. The SMILES string of the molecule is Cn1cc(-c2ccc3c(c2)ncn3-c2cc(-c3ccc(F)cc3F)cc(C3(NS(=O)O)CC3)n2)nn1. The molecule has 2 N–H and O–H groups in total. The Morgan fingerprint density at radius 1 is 1.08 bits per heavy atom. The predicted octanol–water partition coefficient (Wildman–Crippen LogP) is 3.88. The average Bonchev–Trinajstić information content (AvgIpc) is 3.28. The zero-order chi connectivity index (χ0) is 25.0. The first-order valence-electron chi connectivity index (χ1n) is 11.0. The van der Waals surface area contributed by atoms with Gasteiger partial charge in [-0.05, 0) is 54.8 Å². The number of nitrogens with one attached hydrogen (secondary N) is 1. The Kier molecular flexibility index (Phi) is 5.25. The fraction of sp³-hybridized carbons (Fsp3) is 0.167. The number of hydrogen-bond donors (Lipinski definition) is 2. The molecule has 3 aromatic heterocycles. The molecule has 0 radical (unpaired) electrons. The maximum Gasteiger partial charge on any atom is 0.232 e. The molecule has 182 valence electrons. The second-order valence-corrected chi connectivity index (χ2v) is 9.45. The van der Waals surface area contributed by atoms with Crippen LogP contribution < -0.4 is 4.72 Å². The van der Waals surface area contributed by atoms with Gasteiger partial charge < -0.3 is 0 Å². The molecule has 9 nitrogen and oxygen atoms in total. The van der Waals surface area contributed by atoms with Gasteiger partial charge in [0.2, 0.25) is 11.3 Å². The molecular formula is C24H19F2N7O2S. The minimum Gasteiger partial charge on any atom is -0.294 e. The van der Waals surface area contributed by atoms with Crippen molar-refractivity contribution in [3.8, 4) is 28.2 Å². The molecule has 1 unspecified atom stereocenters. The number of halogens is 2. The largest absolute Gasteiger partial charge is 0.294 e. The van der Waals surface area contributed by atoms with Gasteiger partial charge in [0.1, 0.15) is 29.5 Å². The van der Waals surface area contributed by atoms with Crippen molar-refractivity contribution in [2.45, 2.75) is 18.4 Å². The van der Waals surface area contributed by atoms with Gasteiger partial charge in [0.05, 0.1) is 28.5 Å². The number of rotatable bonds is 6. The molecule has 1 fully saturated rings. The van der Waals surface area contributed by atoms with Gasteiger partial charge >= 0.3 is 0 Å². The van der Waals surface area contributed by atoms with Crippen molar-refractivity contribution < 1.29 is 17.5 Å². The van der Waals surface area contributed by atoms with Crippen LogP contribution in [0.5, 0.6) is 0 Å². The molecular weight excluding hydrogens is 488 g/mol. The van der Waals surface area contributed by atoms with Gasteiger partial charge in [0.25, 0.3) is 0 Å². The monoisotopic (exact) mass is 507 g/mol. The number of hydrogen-bond acceptors (Lipinski definition) is 5. The maximum absolute atomic E-state index is 14.7. The van der Waals surface area contributed by atoms with Crippen LogP contribution in [0.25, 0.3) is 39.2 Å². The molecule has 2 aromatic carbocycles. The van der Waals surface area contributed by atoms with Crippen molar-refractivity contribution in [1.82, 2.24) is 34.3 Å². The van der Waals surface area contributed by atoms with Gasteiger partial charge in [0, 0.05) is 24.2 Å². The van der Waals surface area contributed by atoms with E-state index in [9.17, 15) is 17.5 Å². The van der Waals surface area contributed by atoms with E-state index in [0.29, 0.717) is 41.1 Å². The van der Waals surface area contributed by atoms with Crippen LogP contribution in [0, 0.1) is 11.6 Å². The van der Waals surface area contributed by atoms with Crippen molar-refractivity contribution in [2.75, 3.05) is 0 Å². The highest BCUT2D eigenvalue weighted by Crippen LogP contribution is 2.46. The van der Waals surface area contributed by atoms with E-state index in [4.69, 9.17) is 4.98 Å². The molecule has 36 heavy (non-hydrogen) atoms. The zero-order valence-corrected chi connectivity index (χ0v) is 19.7. The minimum atomic E-state index is -2.26. The highest BCUT2D eigenvalue weighted by Gasteiger charge is 2.47. The number of nitrogens with zero attached hydrogens (tertiary/aromatic N) is 6. The van der Waals surface area contributed by atoms with E-state index in [2.05, 4.69) is 20.0 Å². The number of aryl methyl sites for hydroxylation is 1. The summed E-state index contributed by atoms with van der Waals surface area (Å²) in [6.45, 7) is 0. The zero-order valence-electron chi connectivity index (χ0n) is 18.9. The number of fused-ring (bicyclic) bond motifs is 1. The lowest BCUT2D eigenvalue weighted by molar-refractivity contribution is 0.518. The standard InChI is InChI=1S/C24H19F2N7O2S/c1-32-12-20(29-31-32)14-2-5-21-19(8-14)27-13-33(21)23-10-15(17-4-3-16(25)11-18(17)26)9-22(28-23)24(6-7-24)30-36(34)35/h2-5,8-13,30H,6-7H2,1H3,(H,34,35). The normalized spacial score (nSPS) is 15.3. The number of pyridine rings is 1. The van der Waals surface area contributed by atoms with Gasteiger partial charge in [0.15, 0.2) is 0 Å². The van der Waals surface area contributed by atoms with Gasteiger partial charge in [-0.15, -0.1) is 5.10 Å². The summed E-state index contributed by atoms with van der Waals surface area (Å²) in [5.41, 5.74) is 3.33. The lowest BCUT2D eigenvalue weighted by Crippen LogP contribution is -2.31. The van der Waals surface area contributed by atoms with E-state index in [1.54, 1.807) is 41.0 Å². The van der Waals surface area contributed by atoms with Crippen molar-refractivity contribution in [1.29, 1.82) is 0 Å². The molecule has 0 saturated heterocycles. The predicted molar refractivity (Wildman–Crippen MR) is 129 cm³/mol. The average molecular weight is 508 g/mol. The van der Waals surface area contributed by atoms with Crippen LogP contribution in [0.3, 0.4) is 0 Å². The Balaban J connectivity index is 1.50. The van der Waals surface area contributed by atoms with Crippen LogP contribution in [-0.4, -0.2) is 38.3 Å². The van der Waals surface area contributed by atoms with Crippen LogP contribution in [0.2, 0.25) is 0 Å². The maximum atomic E-state index is 14.7. The van der Waals surface area contributed by atoms with E-state index < -0.39 is 28.4 Å². The summed E-state index contributed by atoms with van der Waals surface area (Å²) in [5.74, 6) is -0.954. The van der Waals surface area contributed by atoms with E-state index in [1.165, 1.54) is 12.1 Å². The molecule has 0 spiro atoms. The highest BCUT2D eigenvalue weighted by molar-refractivity contribution is 7.77. The molecule has 1 saturated carbocycles. The van der Waals surface area contributed by atoms with Crippen molar-refractivity contribution >= 4 is 22.3 Å². The Bertz CT molecular complexity index is 1660. The third-order valence-corrected chi connectivity index (χ3v) is 6.83. The first kappa shape index (κ1) is 22.6. The van der Waals surface area contributed by atoms with E-state index in [0.717, 1.165) is 17.1 Å². The quantitative estimate of drug-likeness (QED) is 0.338. The summed E-state index contributed by atoms with van der Waals surface area (Å²) in [6, 6.07) is 12.4. The van der Waals surface area contributed by atoms with E-state index in [-0.39, 0.29) is 5.56 Å². The molecule has 6 rings (SSSR count). The summed E-state index contributed by atoms with van der Waals surface area (Å²) in [7, 11) is 1.79. The number of imidazole rings is 1. The molecule has 3 heterocycles. The summed E-state index contributed by atoms with van der Waals surface area (Å²) < 4.78 is 55.4. The van der Waals surface area contributed by atoms with Gasteiger partial charge in [-0.25, -0.2) is 27.7 Å². The smallest absolute Gasteiger partial charge is 0.232 e. The highest BCUT2D eigenvalue weighted by atomic mass is 32.2. The number of benzene rings is 2. The first-order valence-corrected chi connectivity index (χ1v) is 12.1. The summed E-state index contributed by atoms with van der Waals surface area (Å²) in [5, 5.41) is 8.11. The molecule has 1 aliphatic rings. The van der Waals surface area contributed by atoms with Crippen LogP contribution in [0.4, 0.5) is 8.78 Å². The third kappa shape index (κ3) is 3.98. The van der Waals surface area contributed by atoms with Crippen molar-refractivity contribution in [3.63, 3.8) is 0 Å². The van der Waals surface area contributed by atoms with Crippen molar-refractivity contribution in [3.05, 3.63) is 78.4 Å². The minimum absolute atomic E-state index is 0.191. The summed E-state index contributed by atoms with van der Waals surface area (Å²) in [4.78, 5) is 9.28. The van der Waals surface area contributed by atoms with Gasteiger partial charge in [-0.3, -0.25) is 13.8 Å². The van der Waals surface area contributed by atoms with Gasteiger partial charge in [-0.1, -0.05) is 11.3 Å². The Hall–Kier alpha value is -3.87. The molecule has 1 aliphatic carbocycles. The summed E-state index contributed by atoms with van der Waals surface area (Å²) in [6.07, 6.45) is 4.60. The molecule has 0 aliphatic heterocycles. The Morgan fingerprint density at radius 3 is 2.61 bits per heavy atom. The summed E-state index contributed by atoms with van der Waals surface area (Å²) >= 11 is -2.26. The third-order valence-electron chi connectivity index (χ3n) is 6.27. The van der Waals surface area contributed by atoms with Crippen LogP contribution in [0.1, 0.15) is 18.5 Å². The van der Waals surface area contributed by atoms with Crippen LogP contribution >= 0.6 is 0 Å². The van der Waals surface area contributed by atoms with Crippen LogP contribution in [-0.2, 0) is 23.9 Å². The molecule has 0 amide bonds. The lowest BCUT2D eigenvalue weighted by Gasteiger charge is -2.18. The molecule has 5 aromatic rings. The second-order valence-electron chi connectivity index (χ2n) is 8.75. The Morgan fingerprint density at radius 2 is 1.92 bits per heavy atom. The van der Waals surface area contributed by atoms with Crippen molar-refractivity contribution in [2.24, 2.45) is 7.05 Å². The Labute approximate surface area is 206 Å². The number of aromatic nitrogens is 6. The fourth-order valence-electron chi connectivity index (χ4n) is 4.30.